The lowest BCUT2D eigenvalue weighted by Gasteiger charge is -2.34. The van der Waals surface area contributed by atoms with Crippen LogP contribution in [0.1, 0.15) is 25.7 Å². The smallest absolute Gasteiger partial charge is 0.323 e. The maximum Gasteiger partial charge on any atom is 0.323 e. The fraction of sp³-hybridized carbons (Fsp3) is 0.667. The molecule has 0 aromatic carbocycles. The average Bonchev–Trinajstić information content (AvgIpc) is 3.29. The summed E-state index contributed by atoms with van der Waals surface area (Å²) in [6, 6.07) is 0. The van der Waals surface area contributed by atoms with E-state index in [1.807, 2.05) is 0 Å². The molecule has 6 nitrogen and oxygen atoms in total. The molecule has 0 aromatic heterocycles. The van der Waals surface area contributed by atoms with E-state index in [4.69, 9.17) is 5.11 Å². The first kappa shape index (κ1) is 15.5. The van der Waals surface area contributed by atoms with Gasteiger partial charge in [0.05, 0.1) is 5.92 Å². The normalized spacial score (nSPS) is 21.7. The van der Waals surface area contributed by atoms with Gasteiger partial charge in [-0.05, 0) is 25.7 Å². The van der Waals surface area contributed by atoms with Gasteiger partial charge in [-0.2, -0.15) is 0 Å². The Kier molecular flexibility index (Phi) is 4.98. The van der Waals surface area contributed by atoms with Crippen molar-refractivity contribution in [2.45, 2.75) is 25.7 Å². The number of amides is 2. The van der Waals surface area contributed by atoms with E-state index >= 15 is 0 Å². The van der Waals surface area contributed by atoms with Crippen LogP contribution in [0.15, 0.2) is 12.7 Å². The number of carboxylic acid groups (broad SMARTS) is 1. The van der Waals surface area contributed by atoms with Crippen molar-refractivity contribution in [3.63, 3.8) is 0 Å². The quantitative estimate of drug-likeness (QED) is 0.733. The molecule has 1 heterocycles. The molecule has 0 aromatic rings. The fourth-order valence-corrected chi connectivity index (χ4v) is 2.78. The molecule has 2 amide bonds. The van der Waals surface area contributed by atoms with Crippen molar-refractivity contribution < 1.29 is 19.5 Å². The number of hydrogen-bond donors (Lipinski definition) is 1. The number of carbonyl (C=O) groups is 3. The molecule has 116 valence electrons. The van der Waals surface area contributed by atoms with Crippen molar-refractivity contribution in [1.29, 1.82) is 0 Å². The minimum atomic E-state index is -1.04. The van der Waals surface area contributed by atoms with Crippen LogP contribution in [0.5, 0.6) is 0 Å². The third-order valence-corrected chi connectivity index (χ3v) is 4.00. The van der Waals surface area contributed by atoms with Gasteiger partial charge in [-0.1, -0.05) is 6.08 Å². The zero-order valence-corrected chi connectivity index (χ0v) is 12.2. The van der Waals surface area contributed by atoms with Gasteiger partial charge in [0, 0.05) is 25.6 Å². The molecule has 1 aliphatic carbocycles. The largest absolute Gasteiger partial charge is 0.480 e. The van der Waals surface area contributed by atoms with Crippen LogP contribution in [0.25, 0.3) is 0 Å². The fourth-order valence-electron chi connectivity index (χ4n) is 2.78. The molecular weight excluding hydrogens is 272 g/mol. The minimum absolute atomic E-state index is 0.154. The number of nitrogens with zero attached hydrogens (tertiary/aromatic N) is 2. The maximum atomic E-state index is 12.5. The molecule has 1 atom stereocenters. The van der Waals surface area contributed by atoms with Crippen LogP contribution >= 0.6 is 0 Å². The number of aliphatic carboxylic acids is 1. The summed E-state index contributed by atoms with van der Waals surface area (Å²) in [5.41, 5.74) is 0. The standard InChI is InChI=1S/C15H22N2O4/c1-2-7-16(10-13(18)19)15(21)12-4-3-8-17(9-12)14(20)11-5-6-11/h2,11-12H,1,3-10H2,(H,18,19). The maximum absolute atomic E-state index is 12.5. The van der Waals surface area contributed by atoms with Crippen LogP contribution in [0.3, 0.4) is 0 Å². The highest BCUT2D eigenvalue weighted by atomic mass is 16.4. The molecule has 0 bridgehead atoms. The molecule has 1 unspecified atom stereocenters. The zero-order valence-electron chi connectivity index (χ0n) is 12.2. The first-order chi connectivity index (χ1) is 10.0. The van der Waals surface area contributed by atoms with Gasteiger partial charge < -0.3 is 14.9 Å². The Labute approximate surface area is 124 Å². The first-order valence-corrected chi connectivity index (χ1v) is 7.43. The molecule has 1 N–H and O–H groups in total. The van der Waals surface area contributed by atoms with Crippen LogP contribution < -0.4 is 0 Å². The van der Waals surface area contributed by atoms with Crippen molar-refractivity contribution in [2.75, 3.05) is 26.2 Å². The number of hydrogen-bond acceptors (Lipinski definition) is 3. The summed E-state index contributed by atoms with van der Waals surface area (Å²) in [5, 5.41) is 8.89. The molecule has 0 radical (unpaired) electrons. The molecule has 6 heteroatoms. The summed E-state index contributed by atoms with van der Waals surface area (Å²) in [4.78, 5) is 38.5. The molecule has 2 fully saturated rings. The van der Waals surface area contributed by atoms with Gasteiger partial charge in [-0.25, -0.2) is 0 Å². The molecule has 2 aliphatic rings. The van der Waals surface area contributed by atoms with Gasteiger partial charge in [0.15, 0.2) is 0 Å². The predicted octanol–water partition coefficient (Wildman–Crippen LogP) is 0.734. The highest BCUT2D eigenvalue weighted by Crippen LogP contribution is 2.32. The Balaban J connectivity index is 1.97. The lowest BCUT2D eigenvalue weighted by atomic mass is 9.96. The summed E-state index contributed by atoms with van der Waals surface area (Å²) in [5.74, 6) is -1.21. The SMILES string of the molecule is C=CCN(CC(=O)O)C(=O)C1CCCN(C(=O)C2CC2)C1. The van der Waals surface area contributed by atoms with Crippen LogP contribution in [-0.2, 0) is 14.4 Å². The summed E-state index contributed by atoms with van der Waals surface area (Å²) in [6.45, 7) is 4.58. The van der Waals surface area contributed by atoms with E-state index in [1.54, 1.807) is 4.90 Å². The van der Waals surface area contributed by atoms with E-state index < -0.39 is 5.97 Å². The monoisotopic (exact) mass is 294 g/mol. The van der Waals surface area contributed by atoms with Gasteiger partial charge in [-0.15, -0.1) is 6.58 Å². The molecule has 1 saturated heterocycles. The second kappa shape index (κ2) is 6.74. The second-order valence-electron chi connectivity index (χ2n) is 5.80. The Bertz CT molecular complexity index is 445. The zero-order chi connectivity index (χ0) is 15.4. The Morgan fingerprint density at radius 1 is 1.24 bits per heavy atom. The van der Waals surface area contributed by atoms with Gasteiger partial charge >= 0.3 is 5.97 Å². The number of rotatable bonds is 6. The lowest BCUT2D eigenvalue weighted by Crippen LogP contribution is -2.48. The van der Waals surface area contributed by atoms with E-state index in [1.165, 1.54) is 11.0 Å². The summed E-state index contributed by atoms with van der Waals surface area (Å²) < 4.78 is 0. The highest BCUT2D eigenvalue weighted by molar-refractivity contribution is 5.85. The van der Waals surface area contributed by atoms with Crippen LogP contribution in [0.4, 0.5) is 0 Å². The lowest BCUT2D eigenvalue weighted by molar-refractivity contribution is -0.148. The summed E-state index contributed by atoms with van der Waals surface area (Å²) in [6.07, 6.45) is 4.94. The van der Waals surface area contributed by atoms with Crippen molar-refractivity contribution in [2.24, 2.45) is 11.8 Å². The van der Waals surface area contributed by atoms with Crippen LogP contribution in [-0.4, -0.2) is 58.9 Å². The molecule has 0 spiro atoms. The Morgan fingerprint density at radius 3 is 2.52 bits per heavy atom. The van der Waals surface area contributed by atoms with Gasteiger partial charge in [0.2, 0.25) is 11.8 Å². The predicted molar refractivity (Wildman–Crippen MR) is 76.4 cm³/mol. The Morgan fingerprint density at radius 2 is 1.95 bits per heavy atom. The first-order valence-electron chi connectivity index (χ1n) is 7.43. The van der Waals surface area contributed by atoms with E-state index in [0.29, 0.717) is 19.5 Å². The van der Waals surface area contributed by atoms with Gasteiger partial charge in [0.1, 0.15) is 6.54 Å². The summed E-state index contributed by atoms with van der Waals surface area (Å²) >= 11 is 0. The average molecular weight is 294 g/mol. The third kappa shape index (κ3) is 4.06. The van der Waals surface area contributed by atoms with E-state index in [2.05, 4.69) is 6.58 Å². The van der Waals surface area contributed by atoms with Crippen LogP contribution in [0.2, 0.25) is 0 Å². The van der Waals surface area contributed by atoms with E-state index in [9.17, 15) is 14.4 Å². The third-order valence-electron chi connectivity index (χ3n) is 4.00. The van der Waals surface area contributed by atoms with Gasteiger partial charge in [0.25, 0.3) is 0 Å². The van der Waals surface area contributed by atoms with E-state index in [0.717, 1.165) is 19.3 Å². The van der Waals surface area contributed by atoms with Crippen molar-refractivity contribution in [3.8, 4) is 0 Å². The number of likely N-dealkylation sites (tertiary alicyclic amines) is 1. The van der Waals surface area contributed by atoms with Crippen molar-refractivity contribution in [1.82, 2.24) is 9.80 Å². The van der Waals surface area contributed by atoms with Crippen molar-refractivity contribution >= 4 is 17.8 Å². The minimum Gasteiger partial charge on any atom is -0.480 e. The van der Waals surface area contributed by atoms with Crippen LogP contribution in [0, 0.1) is 11.8 Å². The topological polar surface area (TPSA) is 77.9 Å². The summed E-state index contributed by atoms with van der Waals surface area (Å²) in [7, 11) is 0. The second-order valence-corrected chi connectivity index (χ2v) is 5.80. The molecule has 21 heavy (non-hydrogen) atoms. The van der Waals surface area contributed by atoms with E-state index in [-0.39, 0.29) is 36.7 Å². The number of piperidine rings is 1. The molecular formula is C15H22N2O4. The molecule has 1 saturated carbocycles. The Hall–Kier alpha value is -1.85. The van der Waals surface area contributed by atoms with Gasteiger partial charge in [-0.3, -0.25) is 14.4 Å². The number of carbonyl (C=O) groups excluding carboxylic acids is 2. The highest BCUT2D eigenvalue weighted by Gasteiger charge is 2.37. The number of carboxylic acids is 1. The molecule has 1 aliphatic heterocycles. The van der Waals surface area contributed by atoms with Crippen molar-refractivity contribution in [3.05, 3.63) is 12.7 Å². The molecule has 2 rings (SSSR count).